The Balaban J connectivity index is 2.64. The van der Waals surface area contributed by atoms with Gasteiger partial charge in [-0.1, -0.05) is 20.8 Å². The number of rotatable bonds is 4. The number of carboxylic acids is 1. The van der Waals surface area contributed by atoms with E-state index in [-0.39, 0.29) is 11.0 Å². The standard InChI is InChI=1S/C12H18N2O2/c1-12(2,3)5-7-14-10-4-6-13-8-9(10)11(15)16/h4,6,8H,5,7H2,1-3H3,(H,13,14)(H,15,16). The summed E-state index contributed by atoms with van der Waals surface area (Å²) in [6, 6.07) is 1.69. The third-order valence-electron chi connectivity index (χ3n) is 2.24. The minimum atomic E-state index is -0.952. The maximum atomic E-state index is 10.9. The molecule has 0 saturated heterocycles. The lowest BCUT2D eigenvalue weighted by molar-refractivity contribution is 0.0697. The molecular formula is C12H18N2O2. The second-order valence-electron chi connectivity index (χ2n) is 4.96. The van der Waals surface area contributed by atoms with Crippen LogP contribution >= 0.6 is 0 Å². The molecule has 0 aliphatic carbocycles. The zero-order valence-corrected chi connectivity index (χ0v) is 9.95. The lowest BCUT2D eigenvalue weighted by Gasteiger charge is -2.18. The highest BCUT2D eigenvalue weighted by Crippen LogP contribution is 2.19. The first-order chi connectivity index (χ1) is 7.40. The summed E-state index contributed by atoms with van der Waals surface area (Å²) in [5, 5.41) is 12.1. The molecule has 4 nitrogen and oxygen atoms in total. The van der Waals surface area contributed by atoms with Gasteiger partial charge in [-0.25, -0.2) is 4.79 Å². The van der Waals surface area contributed by atoms with E-state index in [1.54, 1.807) is 12.3 Å². The van der Waals surface area contributed by atoms with Gasteiger partial charge in [0.05, 0.1) is 5.69 Å². The average molecular weight is 222 g/mol. The van der Waals surface area contributed by atoms with Crippen LogP contribution in [0.5, 0.6) is 0 Å². The highest BCUT2D eigenvalue weighted by molar-refractivity contribution is 5.93. The first-order valence-corrected chi connectivity index (χ1v) is 5.31. The lowest BCUT2D eigenvalue weighted by atomic mass is 9.92. The van der Waals surface area contributed by atoms with Gasteiger partial charge in [-0.15, -0.1) is 0 Å². The molecule has 16 heavy (non-hydrogen) atoms. The van der Waals surface area contributed by atoms with Gasteiger partial charge >= 0.3 is 5.97 Å². The third kappa shape index (κ3) is 3.88. The average Bonchev–Trinajstić information content (AvgIpc) is 2.16. The first-order valence-electron chi connectivity index (χ1n) is 5.31. The predicted octanol–water partition coefficient (Wildman–Crippen LogP) is 2.63. The summed E-state index contributed by atoms with van der Waals surface area (Å²) >= 11 is 0. The number of carbonyl (C=O) groups is 1. The third-order valence-corrected chi connectivity index (χ3v) is 2.24. The normalized spacial score (nSPS) is 11.2. The fraction of sp³-hybridized carbons (Fsp3) is 0.500. The number of nitrogens with zero attached hydrogens (tertiary/aromatic N) is 1. The van der Waals surface area contributed by atoms with Crippen molar-refractivity contribution >= 4 is 11.7 Å². The van der Waals surface area contributed by atoms with Crippen LogP contribution in [0, 0.1) is 5.41 Å². The van der Waals surface area contributed by atoms with Gasteiger partial charge in [0.1, 0.15) is 5.56 Å². The minimum absolute atomic E-state index is 0.219. The van der Waals surface area contributed by atoms with Crippen LogP contribution in [0.25, 0.3) is 0 Å². The van der Waals surface area contributed by atoms with Crippen molar-refractivity contribution in [2.45, 2.75) is 27.2 Å². The Hall–Kier alpha value is -1.58. The van der Waals surface area contributed by atoms with E-state index in [1.165, 1.54) is 6.20 Å². The molecule has 0 radical (unpaired) electrons. The maximum absolute atomic E-state index is 10.9. The molecule has 0 atom stereocenters. The Morgan fingerprint density at radius 2 is 2.19 bits per heavy atom. The van der Waals surface area contributed by atoms with Crippen LogP contribution < -0.4 is 5.32 Å². The molecule has 1 heterocycles. The molecule has 0 bridgehead atoms. The summed E-state index contributed by atoms with van der Waals surface area (Å²) < 4.78 is 0. The van der Waals surface area contributed by atoms with E-state index in [4.69, 9.17) is 5.11 Å². The molecule has 0 fully saturated rings. The Morgan fingerprint density at radius 1 is 1.50 bits per heavy atom. The van der Waals surface area contributed by atoms with Crippen molar-refractivity contribution in [3.63, 3.8) is 0 Å². The lowest BCUT2D eigenvalue weighted by Crippen LogP contribution is -2.14. The van der Waals surface area contributed by atoms with Crippen LogP contribution in [0.2, 0.25) is 0 Å². The molecule has 4 heteroatoms. The van der Waals surface area contributed by atoms with Gasteiger partial charge in [-0.05, 0) is 17.9 Å². The number of hydrogen-bond donors (Lipinski definition) is 2. The summed E-state index contributed by atoms with van der Waals surface area (Å²) in [7, 11) is 0. The highest BCUT2D eigenvalue weighted by Gasteiger charge is 2.12. The van der Waals surface area contributed by atoms with Crippen molar-refractivity contribution < 1.29 is 9.90 Å². The molecular weight excluding hydrogens is 204 g/mol. The summed E-state index contributed by atoms with van der Waals surface area (Å²) in [5.41, 5.74) is 1.09. The zero-order valence-electron chi connectivity index (χ0n) is 9.95. The second kappa shape index (κ2) is 4.96. The fourth-order valence-electron chi connectivity index (χ4n) is 1.29. The van der Waals surface area contributed by atoms with Crippen LogP contribution in [0.15, 0.2) is 18.5 Å². The van der Waals surface area contributed by atoms with Crippen molar-refractivity contribution in [2.24, 2.45) is 5.41 Å². The van der Waals surface area contributed by atoms with Crippen molar-refractivity contribution in [2.75, 3.05) is 11.9 Å². The quantitative estimate of drug-likeness (QED) is 0.822. The topological polar surface area (TPSA) is 62.2 Å². The van der Waals surface area contributed by atoms with E-state index in [0.29, 0.717) is 5.69 Å². The van der Waals surface area contributed by atoms with Gasteiger partial charge in [0, 0.05) is 18.9 Å². The van der Waals surface area contributed by atoms with Gasteiger partial charge in [0.2, 0.25) is 0 Å². The SMILES string of the molecule is CC(C)(C)CCNc1ccncc1C(=O)O. The van der Waals surface area contributed by atoms with Crippen molar-refractivity contribution in [3.8, 4) is 0 Å². The summed E-state index contributed by atoms with van der Waals surface area (Å²) in [5.74, 6) is -0.952. The van der Waals surface area contributed by atoms with Crippen molar-refractivity contribution in [1.82, 2.24) is 4.98 Å². The summed E-state index contributed by atoms with van der Waals surface area (Å²) in [6.45, 7) is 7.21. The molecule has 0 amide bonds. The highest BCUT2D eigenvalue weighted by atomic mass is 16.4. The molecule has 1 rings (SSSR count). The molecule has 88 valence electrons. The Kier molecular flexibility index (Phi) is 3.88. The van der Waals surface area contributed by atoms with Crippen molar-refractivity contribution in [1.29, 1.82) is 0 Å². The molecule has 0 aliphatic heterocycles. The van der Waals surface area contributed by atoms with Gasteiger partial charge in [-0.2, -0.15) is 0 Å². The summed E-state index contributed by atoms with van der Waals surface area (Å²) in [6.07, 6.45) is 3.93. The predicted molar refractivity (Wildman–Crippen MR) is 63.8 cm³/mol. The van der Waals surface area contributed by atoms with E-state index < -0.39 is 5.97 Å². The van der Waals surface area contributed by atoms with E-state index in [9.17, 15) is 4.79 Å². The molecule has 0 saturated carbocycles. The molecule has 0 spiro atoms. The number of carboxylic acid groups (broad SMARTS) is 1. The van der Waals surface area contributed by atoms with Crippen LogP contribution in [0.1, 0.15) is 37.6 Å². The second-order valence-corrected chi connectivity index (χ2v) is 4.96. The van der Waals surface area contributed by atoms with Crippen LogP contribution in [0.3, 0.4) is 0 Å². The largest absolute Gasteiger partial charge is 0.478 e. The van der Waals surface area contributed by atoms with Crippen molar-refractivity contribution in [3.05, 3.63) is 24.0 Å². The molecule has 1 aromatic rings. The van der Waals surface area contributed by atoms with Gasteiger partial charge in [-0.3, -0.25) is 4.98 Å². The Labute approximate surface area is 95.7 Å². The smallest absolute Gasteiger partial charge is 0.339 e. The van der Waals surface area contributed by atoms with Crippen LogP contribution in [-0.4, -0.2) is 22.6 Å². The van der Waals surface area contributed by atoms with E-state index in [0.717, 1.165) is 13.0 Å². The van der Waals surface area contributed by atoms with Gasteiger partial charge < -0.3 is 10.4 Å². The summed E-state index contributed by atoms with van der Waals surface area (Å²) in [4.78, 5) is 14.7. The molecule has 2 N–H and O–H groups in total. The minimum Gasteiger partial charge on any atom is -0.478 e. The molecule has 0 aromatic carbocycles. The molecule has 1 aromatic heterocycles. The number of aromatic nitrogens is 1. The monoisotopic (exact) mass is 222 g/mol. The zero-order chi connectivity index (χ0) is 12.2. The first kappa shape index (κ1) is 12.5. The molecule has 0 unspecified atom stereocenters. The number of nitrogens with one attached hydrogen (secondary N) is 1. The van der Waals surface area contributed by atoms with E-state index in [2.05, 4.69) is 31.1 Å². The number of pyridine rings is 1. The van der Waals surface area contributed by atoms with Crippen LogP contribution in [0.4, 0.5) is 5.69 Å². The maximum Gasteiger partial charge on any atom is 0.339 e. The van der Waals surface area contributed by atoms with Gasteiger partial charge in [0.15, 0.2) is 0 Å². The Morgan fingerprint density at radius 3 is 2.75 bits per heavy atom. The fourth-order valence-corrected chi connectivity index (χ4v) is 1.29. The number of anilines is 1. The number of aromatic carboxylic acids is 1. The van der Waals surface area contributed by atoms with Gasteiger partial charge in [0.25, 0.3) is 0 Å². The Bertz CT molecular complexity index is 370. The number of hydrogen-bond acceptors (Lipinski definition) is 3. The van der Waals surface area contributed by atoms with Crippen LogP contribution in [-0.2, 0) is 0 Å². The molecule has 0 aliphatic rings. The van der Waals surface area contributed by atoms with E-state index in [1.807, 2.05) is 0 Å². The van der Waals surface area contributed by atoms with E-state index >= 15 is 0 Å².